The Balaban J connectivity index is 2.82. The van der Waals surface area contributed by atoms with Gasteiger partial charge in [-0.1, -0.05) is 6.07 Å². The standard InChI is InChI=1S/C9H8N2O/c1-6(12)7-3-2-4-8-9(7)11-5-10-8/h2-5H,1H3,(H,10,11). The second-order valence-electron chi connectivity index (χ2n) is 2.66. The topological polar surface area (TPSA) is 45.8 Å². The van der Waals surface area contributed by atoms with E-state index >= 15 is 0 Å². The summed E-state index contributed by atoms with van der Waals surface area (Å²) < 4.78 is 0. The van der Waals surface area contributed by atoms with Crippen LogP contribution in [0.15, 0.2) is 24.5 Å². The van der Waals surface area contributed by atoms with Gasteiger partial charge in [-0.25, -0.2) is 4.98 Å². The van der Waals surface area contributed by atoms with Crippen molar-refractivity contribution in [3.63, 3.8) is 0 Å². The zero-order chi connectivity index (χ0) is 8.55. The van der Waals surface area contributed by atoms with Crippen LogP contribution in [0.5, 0.6) is 0 Å². The maximum absolute atomic E-state index is 11.1. The van der Waals surface area contributed by atoms with Gasteiger partial charge in [0.25, 0.3) is 0 Å². The summed E-state index contributed by atoms with van der Waals surface area (Å²) in [6.45, 7) is 1.55. The number of para-hydroxylation sites is 1. The van der Waals surface area contributed by atoms with Gasteiger partial charge < -0.3 is 4.98 Å². The lowest BCUT2D eigenvalue weighted by Gasteiger charge is -1.94. The van der Waals surface area contributed by atoms with Crippen LogP contribution in [0.1, 0.15) is 17.3 Å². The van der Waals surface area contributed by atoms with Crippen molar-refractivity contribution in [2.75, 3.05) is 0 Å². The minimum Gasteiger partial charge on any atom is -0.345 e. The van der Waals surface area contributed by atoms with E-state index in [2.05, 4.69) is 9.97 Å². The molecule has 0 aliphatic heterocycles. The zero-order valence-corrected chi connectivity index (χ0v) is 6.66. The molecule has 60 valence electrons. The average molecular weight is 160 g/mol. The fourth-order valence-corrected chi connectivity index (χ4v) is 1.25. The molecule has 0 aliphatic rings. The second kappa shape index (κ2) is 2.44. The van der Waals surface area contributed by atoms with Gasteiger partial charge in [0.15, 0.2) is 5.78 Å². The summed E-state index contributed by atoms with van der Waals surface area (Å²) in [5.41, 5.74) is 2.33. The van der Waals surface area contributed by atoms with E-state index in [1.807, 2.05) is 12.1 Å². The van der Waals surface area contributed by atoms with E-state index < -0.39 is 0 Å². The number of hydrogen-bond donors (Lipinski definition) is 1. The quantitative estimate of drug-likeness (QED) is 0.646. The second-order valence-corrected chi connectivity index (χ2v) is 2.66. The number of nitrogens with one attached hydrogen (secondary N) is 1. The third kappa shape index (κ3) is 0.906. The van der Waals surface area contributed by atoms with Crippen molar-refractivity contribution in [2.45, 2.75) is 6.92 Å². The molecule has 1 N–H and O–H groups in total. The molecule has 1 aromatic carbocycles. The first-order valence-corrected chi connectivity index (χ1v) is 3.72. The van der Waals surface area contributed by atoms with Gasteiger partial charge in [-0.2, -0.15) is 0 Å². The molecule has 2 aromatic rings. The number of carbonyl (C=O) groups excluding carboxylic acids is 1. The fraction of sp³-hybridized carbons (Fsp3) is 0.111. The Kier molecular flexibility index (Phi) is 1.43. The number of fused-ring (bicyclic) bond motifs is 1. The highest BCUT2D eigenvalue weighted by Crippen LogP contribution is 2.14. The van der Waals surface area contributed by atoms with Crippen LogP contribution >= 0.6 is 0 Å². The Morgan fingerprint density at radius 3 is 3.08 bits per heavy atom. The summed E-state index contributed by atoms with van der Waals surface area (Å²) in [5, 5.41) is 0. The van der Waals surface area contributed by atoms with Gasteiger partial charge in [0, 0.05) is 5.56 Å². The van der Waals surface area contributed by atoms with Crippen LogP contribution in [0.4, 0.5) is 0 Å². The van der Waals surface area contributed by atoms with Crippen LogP contribution in [0, 0.1) is 0 Å². The number of ketones is 1. The first kappa shape index (κ1) is 7.03. The van der Waals surface area contributed by atoms with E-state index in [1.54, 1.807) is 19.3 Å². The molecule has 1 heterocycles. The maximum atomic E-state index is 11.1. The lowest BCUT2D eigenvalue weighted by atomic mass is 10.1. The molecule has 0 spiro atoms. The largest absolute Gasteiger partial charge is 0.345 e. The van der Waals surface area contributed by atoms with E-state index in [9.17, 15) is 4.79 Å². The van der Waals surface area contributed by atoms with Crippen LogP contribution in [0.2, 0.25) is 0 Å². The highest BCUT2D eigenvalue weighted by molar-refractivity contribution is 6.04. The van der Waals surface area contributed by atoms with Crippen LogP contribution in [-0.2, 0) is 0 Å². The summed E-state index contributed by atoms with van der Waals surface area (Å²) in [6.07, 6.45) is 1.59. The molecule has 0 fully saturated rings. The number of carbonyl (C=O) groups is 1. The average Bonchev–Trinajstić information content (AvgIpc) is 2.49. The van der Waals surface area contributed by atoms with Crippen LogP contribution in [0.3, 0.4) is 0 Å². The molecular weight excluding hydrogens is 152 g/mol. The van der Waals surface area contributed by atoms with Crippen molar-refractivity contribution in [1.29, 1.82) is 0 Å². The predicted molar refractivity (Wildman–Crippen MR) is 46.1 cm³/mol. The zero-order valence-electron chi connectivity index (χ0n) is 6.66. The molecule has 0 atom stereocenters. The van der Waals surface area contributed by atoms with Gasteiger partial charge in [0.2, 0.25) is 0 Å². The lowest BCUT2D eigenvalue weighted by molar-refractivity contribution is 0.101. The number of aromatic nitrogens is 2. The van der Waals surface area contributed by atoms with Gasteiger partial charge in [-0.05, 0) is 19.1 Å². The Morgan fingerprint density at radius 1 is 1.50 bits per heavy atom. The van der Waals surface area contributed by atoms with Crippen LogP contribution in [-0.4, -0.2) is 15.8 Å². The number of rotatable bonds is 1. The molecule has 12 heavy (non-hydrogen) atoms. The van der Waals surface area contributed by atoms with E-state index in [0.29, 0.717) is 5.56 Å². The molecule has 0 saturated carbocycles. The van der Waals surface area contributed by atoms with Crippen LogP contribution in [0.25, 0.3) is 11.0 Å². The molecule has 2 rings (SSSR count). The first-order chi connectivity index (χ1) is 5.79. The predicted octanol–water partition coefficient (Wildman–Crippen LogP) is 1.77. The summed E-state index contributed by atoms with van der Waals surface area (Å²) in [6, 6.07) is 5.53. The summed E-state index contributed by atoms with van der Waals surface area (Å²) >= 11 is 0. The third-order valence-corrected chi connectivity index (χ3v) is 1.83. The fourth-order valence-electron chi connectivity index (χ4n) is 1.25. The number of imidazole rings is 1. The molecule has 0 unspecified atom stereocenters. The lowest BCUT2D eigenvalue weighted by Crippen LogP contribution is -1.92. The van der Waals surface area contributed by atoms with Gasteiger partial charge in [0.05, 0.1) is 17.4 Å². The maximum Gasteiger partial charge on any atom is 0.162 e. The smallest absolute Gasteiger partial charge is 0.162 e. The van der Waals surface area contributed by atoms with Gasteiger partial charge in [-0.3, -0.25) is 4.79 Å². The van der Waals surface area contributed by atoms with Crippen molar-refractivity contribution >= 4 is 16.8 Å². The summed E-state index contributed by atoms with van der Waals surface area (Å²) in [5.74, 6) is 0.0488. The van der Waals surface area contributed by atoms with Crippen molar-refractivity contribution in [3.05, 3.63) is 30.1 Å². The summed E-state index contributed by atoms with van der Waals surface area (Å²) in [4.78, 5) is 18.1. The Morgan fingerprint density at radius 2 is 2.33 bits per heavy atom. The highest BCUT2D eigenvalue weighted by atomic mass is 16.1. The van der Waals surface area contributed by atoms with Gasteiger partial charge >= 0.3 is 0 Å². The SMILES string of the molecule is CC(=O)c1cccc2[nH]cnc12. The normalized spacial score (nSPS) is 10.4. The molecule has 3 nitrogen and oxygen atoms in total. The highest BCUT2D eigenvalue weighted by Gasteiger charge is 2.05. The van der Waals surface area contributed by atoms with E-state index in [4.69, 9.17) is 0 Å². The third-order valence-electron chi connectivity index (χ3n) is 1.83. The van der Waals surface area contributed by atoms with E-state index in [1.165, 1.54) is 0 Å². The first-order valence-electron chi connectivity index (χ1n) is 3.72. The number of H-pyrrole nitrogens is 1. The molecule has 0 aliphatic carbocycles. The molecule has 1 aromatic heterocycles. The van der Waals surface area contributed by atoms with Gasteiger partial charge in [-0.15, -0.1) is 0 Å². The minimum atomic E-state index is 0.0488. The minimum absolute atomic E-state index is 0.0488. The molecule has 3 heteroatoms. The van der Waals surface area contributed by atoms with Crippen molar-refractivity contribution < 1.29 is 4.79 Å². The monoisotopic (exact) mass is 160 g/mol. The molecule has 0 bridgehead atoms. The number of benzene rings is 1. The molecular formula is C9H8N2O. The molecule has 0 amide bonds. The summed E-state index contributed by atoms with van der Waals surface area (Å²) in [7, 11) is 0. The van der Waals surface area contributed by atoms with Crippen LogP contribution < -0.4 is 0 Å². The molecule has 0 saturated heterocycles. The van der Waals surface area contributed by atoms with E-state index in [0.717, 1.165) is 11.0 Å². The Hall–Kier alpha value is -1.64. The van der Waals surface area contributed by atoms with Gasteiger partial charge in [0.1, 0.15) is 0 Å². The van der Waals surface area contributed by atoms with Crippen molar-refractivity contribution in [3.8, 4) is 0 Å². The number of nitrogens with zero attached hydrogens (tertiary/aromatic N) is 1. The Labute approximate surface area is 69.4 Å². The number of hydrogen-bond acceptors (Lipinski definition) is 2. The number of aromatic amines is 1. The van der Waals surface area contributed by atoms with Crippen molar-refractivity contribution in [2.24, 2.45) is 0 Å². The van der Waals surface area contributed by atoms with Crippen molar-refractivity contribution in [1.82, 2.24) is 9.97 Å². The number of Topliss-reactive ketones (excluding diaryl/α,β-unsaturated/α-hetero) is 1. The van der Waals surface area contributed by atoms with E-state index in [-0.39, 0.29) is 5.78 Å². The molecule has 0 radical (unpaired) electrons. The Bertz CT molecular complexity index is 431.